The Morgan fingerprint density at radius 3 is 2.05 bits per heavy atom. The first-order chi connectivity index (χ1) is 17.3. The molecule has 15 nitrogen and oxygen atoms in total. The fourth-order valence-corrected chi connectivity index (χ4v) is 3.08. The van der Waals surface area contributed by atoms with Gasteiger partial charge in [0, 0.05) is 6.54 Å². The highest BCUT2D eigenvalue weighted by atomic mass is 16.4. The Bertz CT molecular complexity index is 995. The minimum absolute atomic E-state index is 0.0487. The summed E-state index contributed by atoms with van der Waals surface area (Å²) < 4.78 is 0. The van der Waals surface area contributed by atoms with Crippen LogP contribution >= 0.6 is 0 Å². The van der Waals surface area contributed by atoms with E-state index in [-0.39, 0.29) is 37.5 Å². The first-order valence-corrected chi connectivity index (χ1v) is 11.2. The Hall–Kier alpha value is -4.40. The van der Waals surface area contributed by atoms with E-state index < -0.39 is 60.2 Å². The molecule has 0 saturated carbocycles. The predicted molar refractivity (Wildman–Crippen MR) is 131 cm³/mol. The number of nitrogens with two attached hydrogens (primary N) is 3. The van der Waals surface area contributed by atoms with Gasteiger partial charge in [-0.05, 0) is 43.9 Å². The number of hydrogen-bond donors (Lipinski definition) is 9. The molecule has 12 N–H and O–H groups in total. The number of nitrogens with one attached hydrogen (secondary N) is 3. The molecule has 4 unspecified atom stereocenters. The standard InChI is InChI=1S/C22H33N7O8/c1-11(27-19(34)14(23)9-12-4-6-13(30)7-5-12)18(33)29-16(10-17(31)32)20(35)28-15(21(36)37)3-2-8-26-22(24)25/h4-7,11,14-16,30H,2-3,8-10,23H2,1H3,(H,27,34)(H,28,35)(H,29,33)(H,31,32)(H,36,37)(H4,24,25,26). The van der Waals surface area contributed by atoms with E-state index in [0.29, 0.717) is 5.56 Å². The van der Waals surface area contributed by atoms with Crippen molar-refractivity contribution < 1.29 is 39.3 Å². The summed E-state index contributed by atoms with van der Waals surface area (Å²) in [6.07, 6.45) is -0.571. The number of hydrogen-bond acceptors (Lipinski definition) is 8. The lowest BCUT2D eigenvalue weighted by Crippen LogP contribution is -2.56. The highest BCUT2D eigenvalue weighted by molar-refractivity contribution is 5.95. The molecule has 3 amide bonds. The van der Waals surface area contributed by atoms with Gasteiger partial charge in [0.05, 0.1) is 12.5 Å². The van der Waals surface area contributed by atoms with Crippen LogP contribution in [0.3, 0.4) is 0 Å². The van der Waals surface area contributed by atoms with Crippen molar-refractivity contribution in [3.8, 4) is 5.75 Å². The Balaban J connectivity index is 2.75. The molecule has 0 aromatic heterocycles. The highest BCUT2D eigenvalue weighted by Gasteiger charge is 2.30. The average molecular weight is 524 g/mol. The van der Waals surface area contributed by atoms with Crippen LogP contribution in [-0.4, -0.2) is 81.7 Å². The quantitative estimate of drug-likeness (QED) is 0.0650. The number of aromatic hydroxyl groups is 1. The lowest BCUT2D eigenvalue weighted by Gasteiger charge is -2.23. The molecule has 0 saturated heterocycles. The Kier molecular flexibility index (Phi) is 12.3. The maximum Gasteiger partial charge on any atom is 0.326 e. The molecule has 15 heteroatoms. The second-order valence-electron chi connectivity index (χ2n) is 8.21. The highest BCUT2D eigenvalue weighted by Crippen LogP contribution is 2.11. The molecule has 0 aliphatic heterocycles. The van der Waals surface area contributed by atoms with Crippen LogP contribution in [0.1, 0.15) is 31.7 Å². The van der Waals surface area contributed by atoms with Crippen molar-refractivity contribution in [2.75, 3.05) is 6.54 Å². The molecule has 0 fully saturated rings. The van der Waals surface area contributed by atoms with E-state index in [1.54, 1.807) is 12.1 Å². The summed E-state index contributed by atoms with van der Waals surface area (Å²) >= 11 is 0. The van der Waals surface area contributed by atoms with Crippen molar-refractivity contribution in [2.24, 2.45) is 22.2 Å². The SMILES string of the molecule is CC(NC(=O)C(N)Cc1ccc(O)cc1)C(=O)NC(CC(=O)O)C(=O)NC(CCCN=C(N)N)C(=O)O. The average Bonchev–Trinajstić information content (AvgIpc) is 2.81. The third kappa shape index (κ3) is 11.7. The second kappa shape index (κ2) is 14.9. The van der Waals surface area contributed by atoms with E-state index in [2.05, 4.69) is 20.9 Å². The number of rotatable bonds is 15. The van der Waals surface area contributed by atoms with Gasteiger partial charge in [0.25, 0.3) is 0 Å². The van der Waals surface area contributed by atoms with Crippen molar-refractivity contribution in [1.82, 2.24) is 16.0 Å². The van der Waals surface area contributed by atoms with Crippen molar-refractivity contribution >= 4 is 35.6 Å². The van der Waals surface area contributed by atoms with Gasteiger partial charge in [-0.2, -0.15) is 0 Å². The monoisotopic (exact) mass is 523 g/mol. The van der Waals surface area contributed by atoms with Crippen LogP contribution in [0.25, 0.3) is 0 Å². The van der Waals surface area contributed by atoms with Gasteiger partial charge in [-0.1, -0.05) is 12.1 Å². The van der Waals surface area contributed by atoms with Crippen LogP contribution in [0, 0.1) is 0 Å². The molecule has 1 aromatic carbocycles. The molecule has 4 atom stereocenters. The Morgan fingerprint density at radius 2 is 1.51 bits per heavy atom. The van der Waals surface area contributed by atoms with Crippen LogP contribution < -0.4 is 33.2 Å². The second-order valence-corrected chi connectivity index (χ2v) is 8.21. The summed E-state index contributed by atoms with van der Waals surface area (Å²) in [5, 5.41) is 34.6. The molecule has 37 heavy (non-hydrogen) atoms. The zero-order chi connectivity index (χ0) is 28.1. The summed E-state index contributed by atoms with van der Waals surface area (Å²) in [6.45, 7) is 1.42. The number of aliphatic imine (C=N–C) groups is 1. The molecule has 1 aromatic rings. The first-order valence-electron chi connectivity index (χ1n) is 11.2. The van der Waals surface area contributed by atoms with Crippen LogP contribution in [-0.2, 0) is 30.4 Å². The van der Waals surface area contributed by atoms with Gasteiger partial charge in [-0.25, -0.2) is 4.79 Å². The molecule has 0 bridgehead atoms. The number of carbonyl (C=O) groups is 5. The normalized spacial score (nSPS) is 13.8. The zero-order valence-electron chi connectivity index (χ0n) is 20.2. The third-order valence-electron chi connectivity index (χ3n) is 5.05. The van der Waals surface area contributed by atoms with E-state index in [0.717, 1.165) is 0 Å². The number of phenolic OH excluding ortho intramolecular Hbond substituents is 1. The van der Waals surface area contributed by atoms with Crippen molar-refractivity contribution in [2.45, 2.75) is 56.8 Å². The largest absolute Gasteiger partial charge is 0.508 e. The first kappa shape index (κ1) is 30.6. The van der Waals surface area contributed by atoms with Gasteiger partial charge >= 0.3 is 11.9 Å². The summed E-state index contributed by atoms with van der Waals surface area (Å²) in [4.78, 5) is 64.0. The summed E-state index contributed by atoms with van der Waals surface area (Å²) in [7, 11) is 0. The van der Waals surface area contributed by atoms with E-state index in [9.17, 15) is 34.2 Å². The number of carbonyl (C=O) groups excluding carboxylic acids is 3. The van der Waals surface area contributed by atoms with Crippen molar-refractivity contribution in [3.05, 3.63) is 29.8 Å². The number of amides is 3. The van der Waals surface area contributed by atoms with Gasteiger partial charge in [0.2, 0.25) is 17.7 Å². The topological polar surface area (TPSA) is 273 Å². The van der Waals surface area contributed by atoms with Gasteiger partial charge in [0.15, 0.2) is 5.96 Å². The van der Waals surface area contributed by atoms with Crippen molar-refractivity contribution in [3.63, 3.8) is 0 Å². The van der Waals surface area contributed by atoms with Crippen LogP contribution in [0.5, 0.6) is 5.75 Å². The van der Waals surface area contributed by atoms with Gasteiger partial charge in [-0.3, -0.25) is 24.2 Å². The molecular formula is C22H33N7O8. The molecule has 0 aliphatic carbocycles. The fourth-order valence-electron chi connectivity index (χ4n) is 3.08. The number of phenols is 1. The number of guanidine groups is 1. The summed E-state index contributed by atoms with van der Waals surface area (Å²) in [5.74, 6) is -5.52. The molecule has 0 radical (unpaired) electrons. The number of benzene rings is 1. The van der Waals surface area contributed by atoms with Crippen molar-refractivity contribution in [1.29, 1.82) is 0 Å². The number of carboxylic acid groups (broad SMARTS) is 2. The Labute approximate surface area is 212 Å². The molecule has 0 aliphatic rings. The predicted octanol–water partition coefficient (Wildman–Crippen LogP) is -2.65. The molecular weight excluding hydrogens is 490 g/mol. The van der Waals surface area contributed by atoms with Gasteiger partial charge in [-0.15, -0.1) is 0 Å². The van der Waals surface area contributed by atoms with E-state index in [1.807, 2.05) is 0 Å². The number of nitrogens with zero attached hydrogens (tertiary/aromatic N) is 1. The molecule has 0 spiro atoms. The molecule has 204 valence electrons. The lowest BCUT2D eigenvalue weighted by molar-refractivity contribution is -0.143. The van der Waals surface area contributed by atoms with Crippen LogP contribution in [0.2, 0.25) is 0 Å². The smallest absolute Gasteiger partial charge is 0.326 e. The fraction of sp³-hybridized carbons (Fsp3) is 0.455. The van der Waals surface area contributed by atoms with E-state index >= 15 is 0 Å². The van der Waals surface area contributed by atoms with Gasteiger partial charge < -0.3 is 48.5 Å². The van der Waals surface area contributed by atoms with Crippen LogP contribution in [0.4, 0.5) is 0 Å². The Morgan fingerprint density at radius 1 is 0.919 bits per heavy atom. The maximum atomic E-state index is 12.6. The van der Waals surface area contributed by atoms with Crippen LogP contribution in [0.15, 0.2) is 29.3 Å². The third-order valence-corrected chi connectivity index (χ3v) is 5.05. The maximum absolute atomic E-state index is 12.6. The molecule has 1 rings (SSSR count). The number of aliphatic carboxylic acids is 2. The summed E-state index contributed by atoms with van der Waals surface area (Å²) in [5.41, 5.74) is 16.9. The molecule has 0 heterocycles. The summed E-state index contributed by atoms with van der Waals surface area (Å²) in [6, 6.07) is 0.799. The van der Waals surface area contributed by atoms with Gasteiger partial charge in [0.1, 0.15) is 23.9 Å². The lowest BCUT2D eigenvalue weighted by atomic mass is 10.1. The minimum atomic E-state index is -1.62. The zero-order valence-corrected chi connectivity index (χ0v) is 20.2. The van der Waals surface area contributed by atoms with E-state index in [4.69, 9.17) is 22.3 Å². The number of carboxylic acids is 2. The minimum Gasteiger partial charge on any atom is -0.508 e. The van der Waals surface area contributed by atoms with E-state index in [1.165, 1.54) is 19.1 Å².